The SMILES string of the molecule is CNC(c1cccc(N(C)C)c1)c1c(OC)cnn1C. The molecule has 5 heteroatoms. The molecular formula is C15H22N4O. The summed E-state index contributed by atoms with van der Waals surface area (Å²) in [6, 6.07) is 8.49. The second kappa shape index (κ2) is 5.96. The van der Waals surface area contributed by atoms with Crippen molar-refractivity contribution in [1.29, 1.82) is 0 Å². The highest BCUT2D eigenvalue weighted by Crippen LogP contribution is 2.30. The molecule has 0 aliphatic heterocycles. The Balaban J connectivity index is 2.47. The summed E-state index contributed by atoms with van der Waals surface area (Å²) in [6.07, 6.45) is 1.75. The first-order valence-electron chi connectivity index (χ1n) is 6.59. The minimum absolute atomic E-state index is 0.0392. The van der Waals surface area contributed by atoms with Gasteiger partial charge in [-0.1, -0.05) is 12.1 Å². The van der Waals surface area contributed by atoms with E-state index in [-0.39, 0.29) is 6.04 Å². The van der Waals surface area contributed by atoms with Crippen LogP contribution in [0.5, 0.6) is 5.75 Å². The Hall–Kier alpha value is -2.01. The van der Waals surface area contributed by atoms with Gasteiger partial charge < -0.3 is 15.0 Å². The second-order valence-corrected chi connectivity index (χ2v) is 4.93. The summed E-state index contributed by atoms with van der Waals surface area (Å²) in [5.74, 6) is 0.794. The maximum absolute atomic E-state index is 5.41. The fraction of sp³-hybridized carbons (Fsp3) is 0.400. The van der Waals surface area contributed by atoms with Gasteiger partial charge in [0.05, 0.1) is 19.3 Å². The predicted molar refractivity (Wildman–Crippen MR) is 81.4 cm³/mol. The number of nitrogens with zero attached hydrogens (tertiary/aromatic N) is 3. The van der Waals surface area contributed by atoms with Crippen LogP contribution in [0, 0.1) is 0 Å². The number of hydrogen-bond acceptors (Lipinski definition) is 4. The lowest BCUT2D eigenvalue weighted by Crippen LogP contribution is -2.21. The van der Waals surface area contributed by atoms with Crippen molar-refractivity contribution < 1.29 is 4.74 Å². The molecule has 5 nitrogen and oxygen atoms in total. The molecule has 2 aromatic rings. The van der Waals surface area contributed by atoms with Crippen LogP contribution in [0.15, 0.2) is 30.5 Å². The Bertz CT molecular complexity index is 577. The van der Waals surface area contributed by atoms with Crippen molar-refractivity contribution in [2.75, 3.05) is 33.2 Å². The minimum Gasteiger partial charge on any atom is -0.493 e. The van der Waals surface area contributed by atoms with E-state index in [0.29, 0.717) is 0 Å². The molecular weight excluding hydrogens is 252 g/mol. The molecule has 0 bridgehead atoms. The van der Waals surface area contributed by atoms with E-state index in [1.54, 1.807) is 13.3 Å². The van der Waals surface area contributed by atoms with Crippen molar-refractivity contribution in [3.63, 3.8) is 0 Å². The number of rotatable bonds is 5. The molecule has 0 spiro atoms. The average molecular weight is 274 g/mol. The third-order valence-corrected chi connectivity index (χ3v) is 3.45. The molecule has 1 atom stereocenters. The van der Waals surface area contributed by atoms with Gasteiger partial charge in [-0.2, -0.15) is 5.10 Å². The van der Waals surface area contributed by atoms with E-state index in [1.165, 1.54) is 11.3 Å². The fourth-order valence-electron chi connectivity index (χ4n) is 2.36. The van der Waals surface area contributed by atoms with Crippen LogP contribution in [0.25, 0.3) is 0 Å². The van der Waals surface area contributed by atoms with Crippen molar-refractivity contribution in [2.45, 2.75) is 6.04 Å². The van der Waals surface area contributed by atoms with Crippen LogP contribution in [-0.4, -0.2) is 38.0 Å². The Morgan fingerprint density at radius 3 is 2.70 bits per heavy atom. The highest BCUT2D eigenvalue weighted by molar-refractivity contribution is 5.49. The van der Waals surface area contributed by atoms with Crippen LogP contribution in [0.3, 0.4) is 0 Å². The Morgan fingerprint density at radius 2 is 2.10 bits per heavy atom. The summed E-state index contributed by atoms with van der Waals surface area (Å²) in [5.41, 5.74) is 3.37. The van der Waals surface area contributed by atoms with Crippen molar-refractivity contribution in [2.24, 2.45) is 7.05 Å². The number of anilines is 1. The average Bonchev–Trinajstić information content (AvgIpc) is 2.82. The highest BCUT2D eigenvalue weighted by Gasteiger charge is 2.21. The number of aromatic nitrogens is 2. The summed E-state index contributed by atoms with van der Waals surface area (Å²) < 4.78 is 7.26. The molecule has 1 aromatic heterocycles. The Morgan fingerprint density at radius 1 is 1.35 bits per heavy atom. The van der Waals surface area contributed by atoms with E-state index < -0.39 is 0 Å². The largest absolute Gasteiger partial charge is 0.493 e. The van der Waals surface area contributed by atoms with Gasteiger partial charge in [-0.15, -0.1) is 0 Å². The fourth-order valence-corrected chi connectivity index (χ4v) is 2.36. The second-order valence-electron chi connectivity index (χ2n) is 4.93. The third kappa shape index (κ3) is 2.63. The molecule has 0 amide bonds. The van der Waals surface area contributed by atoms with E-state index in [2.05, 4.69) is 39.6 Å². The Labute approximate surface area is 120 Å². The van der Waals surface area contributed by atoms with Gasteiger partial charge in [0.15, 0.2) is 5.75 Å². The molecule has 1 unspecified atom stereocenters. The van der Waals surface area contributed by atoms with Crippen molar-refractivity contribution >= 4 is 5.69 Å². The predicted octanol–water partition coefficient (Wildman–Crippen LogP) is 1.80. The first-order chi connectivity index (χ1) is 9.58. The number of hydrogen-bond donors (Lipinski definition) is 1. The molecule has 0 aliphatic rings. The van der Waals surface area contributed by atoms with Crippen LogP contribution in [0.1, 0.15) is 17.3 Å². The van der Waals surface area contributed by atoms with Crippen LogP contribution < -0.4 is 15.0 Å². The van der Waals surface area contributed by atoms with Gasteiger partial charge in [0.1, 0.15) is 5.69 Å². The van der Waals surface area contributed by atoms with Gasteiger partial charge in [-0.3, -0.25) is 4.68 Å². The first-order valence-corrected chi connectivity index (χ1v) is 6.59. The third-order valence-electron chi connectivity index (χ3n) is 3.45. The highest BCUT2D eigenvalue weighted by atomic mass is 16.5. The van der Waals surface area contributed by atoms with Gasteiger partial charge in [-0.05, 0) is 24.7 Å². The summed E-state index contributed by atoms with van der Waals surface area (Å²) in [6.45, 7) is 0. The zero-order valence-corrected chi connectivity index (χ0v) is 12.7. The maximum atomic E-state index is 5.41. The number of nitrogens with one attached hydrogen (secondary N) is 1. The van der Waals surface area contributed by atoms with Crippen LogP contribution in [0.2, 0.25) is 0 Å². The van der Waals surface area contributed by atoms with Gasteiger partial charge in [0.2, 0.25) is 0 Å². The Kier molecular flexibility index (Phi) is 4.29. The van der Waals surface area contributed by atoms with Crippen LogP contribution >= 0.6 is 0 Å². The summed E-state index contributed by atoms with van der Waals surface area (Å²) >= 11 is 0. The molecule has 0 radical (unpaired) electrons. The first kappa shape index (κ1) is 14.4. The zero-order valence-electron chi connectivity index (χ0n) is 12.7. The number of methoxy groups -OCH3 is 1. The van der Waals surface area contributed by atoms with E-state index in [9.17, 15) is 0 Å². The quantitative estimate of drug-likeness (QED) is 0.903. The maximum Gasteiger partial charge on any atom is 0.161 e. The standard InChI is InChI=1S/C15H22N4O/c1-16-14(15-13(20-5)10-17-19(15)4)11-7-6-8-12(9-11)18(2)3/h6-10,14,16H,1-5H3. The topological polar surface area (TPSA) is 42.3 Å². The molecule has 0 saturated heterocycles. The van der Waals surface area contributed by atoms with Gasteiger partial charge in [0, 0.05) is 26.8 Å². The minimum atomic E-state index is 0.0392. The smallest absolute Gasteiger partial charge is 0.161 e. The monoisotopic (exact) mass is 274 g/mol. The van der Waals surface area contributed by atoms with Crippen LogP contribution in [-0.2, 0) is 7.05 Å². The molecule has 1 N–H and O–H groups in total. The summed E-state index contributed by atoms with van der Waals surface area (Å²) in [7, 11) is 9.62. The van der Waals surface area contributed by atoms with E-state index in [4.69, 9.17) is 4.74 Å². The molecule has 1 heterocycles. The molecule has 0 fully saturated rings. The van der Waals surface area contributed by atoms with Gasteiger partial charge in [0.25, 0.3) is 0 Å². The number of benzene rings is 1. The van der Waals surface area contributed by atoms with Gasteiger partial charge >= 0.3 is 0 Å². The lowest BCUT2D eigenvalue weighted by Gasteiger charge is -2.21. The molecule has 1 aromatic carbocycles. The number of ether oxygens (including phenoxy) is 1. The molecule has 0 saturated carbocycles. The van der Waals surface area contributed by atoms with E-state index in [0.717, 1.165) is 11.4 Å². The van der Waals surface area contributed by atoms with Crippen molar-refractivity contribution in [3.8, 4) is 5.75 Å². The van der Waals surface area contributed by atoms with E-state index >= 15 is 0 Å². The van der Waals surface area contributed by atoms with Gasteiger partial charge in [-0.25, -0.2) is 0 Å². The summed E-state index contributed by atoms with van der Waals surface area (Å²) in [5, 5.41) is 7.62. The van der Waals surface area contributed by atoms with Crippen molar-refractivity contribution in [1.82, 2.24) is 15.1 Å². The normalized spacial score (nSPS) is 12.2. The summed E-state index contributed by atoms with van der Waals surface area (Å²) in [4.78, 5) is 2.09. The molecule has 2 rings (SSSR count). The van der Waals surface area contributed by atoms with Crippen molar-refractivity contribution in [3.05, 3.63) is 41.7 Å². The molecule has 0 aliphatic carbocycles. The molecule has 20 heavy (non-hydrogen) atoms. The lowest BCUT2D eigenvalue weighted by molar-refractivity contribution is 0.402. The van der Waals surface area contributed by atoms with Crippen LogP contribution in [0.4, 0.5) is 5.69 Å². The van der Waals surface area contributed by atoms with E-state index in [1.807, 2.05) is 32.9 Å². The lowest BCUT2D eigenvalue weighted by atomic mass is 10.0. The zero-order chi connectivity index (χ0) is 14.7. The number of aryl methyl sites for hydroxylation is 1. The molecule has 108 valence electrons.